The average Bonchev–Trinajstić information content (AvgIpc) is 2.13. The zero-order valence-electron chi connectivity index (χ0n) is 6.05. The molecule has 1 rings (SSSR count). The third-order valence-electron chi connectivity index (χ3n) is 1.66. The van der Waals surface area contributed by atoms with Crippen LogP contribution in [0.4, 0.5) is 0 Å². The lowest BCUT2D eigenvalue weighted by Gasteiger charge is -2.05. The predicted molar refractivity (Wildman–Crippen MR) is 36.9 cm³/mol. The third kappa shape index (κ3) is 1.18. The van der Waals surface area contributed by atoms with Gasteiger partial charge in [-0.2, -0.15) is 0 Å². The Morgan fingerprint density at radius 3 is 2.78 bits per heavy atom. The van der Waals surface area contributed by atoms with E-state index in [-0.39, 0.29) is 0 Å². The first-order chi connectivity index (χ1) is 4.24. The first-order valence-corrected chi connectivity index (χ1v) is 3.30. The lowest BCUT2D eigenvalue weighted by Crippen LogP contribution is -2.15. The van der Waals surface area contributed by atoms with Crippen LogP contribution >= 0.6 is 0 Å². The second-order valence-electron chi connectivity index (χ2n) is 2.42. The summed E-state index contributed by atoms with van der Waals surface area (Å²) >= 11 is 0. The fraction of sp³-hybridized carbons (Fsp3) is 0.714. The Morgan fingerprint density at radius 2 is 2.56 bits per heavy atom. The second kappa shape index (κ2) is 2.29. The van der Waals surface area contributed by atoms with Gasteiger partial charge in [-0.05, 0) is 13.0 Å². The van der Waals surface area contributed by atoms with Crippen LogP contribution in [0.15, 0.2) is 12.5 Å². The van der Waals surface area contributed by atoms with Crippen molar-refractivity contribution in [1.29, 1.82) is 0 Å². The molecule has 0 aromatic rings. The Kier molecular flexibility index (Phi) is 1.65. The summed E-state index contributed by atoms with van der Waals surface area (Å²) in [5, 5.41) is 0. The molecule has 0 bridgehead atoms. The van der Waals surface area contributed by atoms with Crippen molar-refractivity contribution in [3.8, 4) is 0 Å². The number of rotatable bonds is 1. The van der Waals surface area contributed by atoms with Crippen molar-refractivity contribution in [3.05, 3.63) is 12.5 Å². The van der Waals surface area contributed by atoms with Gasteiger partial charge < -0.3 is 9.64 Å². The van der Waals surface area contributed by atoms with E-state index in [0.29, 0.717) is 6.10 Å². The van der Waals surface area contributed by atoms with E-state index < -0.39 is 0 Å². The highest BCUT2D eigenvalue weighted by Gasteiger charge is 2.20. The number of ether oxygens (including phenoxy) is 1. The highest BCUT2D eigenvalue weighted by Crippen LogP contribution is 2.16. The highest BCUT2D eigenvalue weighted by atomic mass is 16.5. The van der Waals surface area contributed by atoms with Gasteiger partial charge in [0, 0.05) is 7.05 Å². The minimum Gasteiger partial charge on any atom is -0.474 e. The Morgan fingerprint density at radius 1 is 1.89 bits per heavy atom. The molecule has 1 aliphatic rings. The monoisotopic (exact) mass is 127 g/mol. The van der Waals surface area contributed by atoms with Crippen LogP contribution in [0.2, 0.25) is 0 Å². The largest absolute Gasteiger partial charge is 0.474 e. The van der Waals surface area contributed by atoms with Gasteiger partial charge in [0.05, 0.1) is 6.54 Å². The van der Waals surface area contributed by atoms with Crippen molar-refractivity contribution in [2.75, 3.05) is 13.6 Å². The molecule has 1 saturated heterocycles. The van der Waals surface area contributed by atoms with Crippen LogP contribution in [0.5, 0.6) is 0 Å². The molecule has 1 heterocycles. The molecule has 0 N–H and O–H groups in total. The molecule has 0 spiro atoms. The maximum Gasteiger partial charge on any atom is 0.182 e. The minimum atomic E-state index is 0.377. The van der Waals surface area contributed by atoms with Crippen molar-refractivity contribution in [1.82, 2.24) is 4.90 Å². The highest BCUT2D eigenvalue weighted by molar-refractivity contribution is 4.90. The smallest absolute Gasteiger partial charge is 0.182 e. The Hall–Kier alpha value is -0.660. The van der Waals surface area contributed by atoms with E-state index in [9.17, 15) is 0 Å². The third-order valence-corrected chi connectivity index (χ3v) is 1.66. The first-order valence-electron chi connectivity index (χ1n) is 3.30. The molecule has 0 aliphatic carbocycles. The zero-order valence-corrected chi connectivity index (χ0v) is 6.05. The number of nitrogens with zero attached hydrogens (tertiary/aromatic N) is 1. The number of hydrogen-bond donors (Lipinski definition) is 0. The Balaban J connectivity index is 2.44. The molecular formula is C7H13NO. The molecule has 0 radical (unpaired) electrons. The van der Waals surface area contributed by atoms with Crippen LogP contribution < -0.4 is 0 Å². The summed E-state index contributed by atoms with van der Waals surface area (Å²) in [5.74, 6) is 0.807. The van der Waals surface area contributed by atoms with E-state index >= 15 is 0 Å². The molecule has 0 saturated carbocycles. The van der Waals surface area contributed by atoms with Gasteiger partial charge in [0.15, 0.2) is 5.88 Å². The van der Waals surface area contributed by atoms with Crippen LogP contribution in [0.3, 0.4) is 0 Å². The molecule has 2 heteroatoms. The molecule has 0 amide bonds. The molecule has 0 aromatic carbocycles. The van der Waals surface area contributed by atoms with Gasteiger partial charge in [-0.1, -0.05) is 6.92 Å². The van der Waals surface area contributed by atoms with E-state index in [4.69, 9.17) is 4.74 Å². The zero-order chi connectivity index (χ0) is 6.85. The molecule has 0 aromatic heterocycles. The summed E-state index contributed by atoms with van der Waals surface area (Å²) < 4.78 is 5.35. The van der Waals surface area contributed by atoms with Gasteiger partial charge >= 0.3 is 0 Å². The fourth-order valence-electron chi connectivity index (χ4n) is 0.939. The van der Waals surface area contributed by atoms with Crippen molar-refractivity contribution in [2.24, 2.45) is 0 Å². The van der Waals surface area contributed by atoms with Gasteiger partial charge in [0.1, 0.15) is 6.10 Å². The molecule has 1 fully saturated rings. The molecular weight excluding hydrogens is 114 g/mol. The van der Waals surface area contributed by atoms with Gasteiger partial charge in [-0.25, -0.2) is 0 Å². The Bertz CT molecular complexity index is 122. The summed E-state index contributed by atoms with van der Waals surface area (Å²) in [6, 6.07) is 0. The van der Waals surface area contributed by atoms with Crippen LogP contribution in [0.1, 0.15) is 13.3 Å². The molecule has 1 atom stereocenters. The molecule has 2 nitrogen and oxygen atoms in total. The van der Waals surface area contributed by atoms with E-state index in [1.165, 1.54) is 0 Å². The van der Waals surface area contributed by atoms with Gasteiger partial charge in [-0.3, -0.25) is 0 Å². The normalized spacial score (nSPS) is 26.7. The van der Waals surface area contributed by atoms with Gasteiger partial charge in [0.25, 0.3) is 0 Å². The molecule has 52 valence electrons. The van der Waals surface area contributed by atoms with E-state index in [2.05, 4.69) is 13.5 Å². The summed E-state index contributed by atoms with van der Waals surface area (Å²) in [5.41, 5.74) is 0. The van der Waals surface area contributed by atoms with E-state index in [0.717, 1.165) is 18.8 Å². The summed E-state index contributed by atoms with van der Waals surface area (Å²) in [6.07, 6.45) is 1.45. The van der Waals surface area contributed by atoms with Crippen molar-refractivity contribution < 1.29 is 4.74 Å². The molecule has 9 heavy (non-hydrogen) atoms. The maximum atomic E-state index is 5.35. The van der Waals surface area contributed by atoms with Crippen molar-refractivity contribution >= 4 is 0 Å². The van der Waals surface area contributed by atoms with E-state index in [1.807, 2.05) is 11.9 Å². The van der Waals surface area contributed by atoms with Crippen molar-refractivity contribution in [3.63, 3.8) is 0 Å². The number of likely N-dealkylation sites (N-methyl/N-ethyl adjacent to an activating group) is 1. The van der Waals surface area contributed by atoms with E-state index in [1.54, 1.807) is 0 Å². The van der Waals surface area contributed by atoms with Gasteiger partial charge in [0.2, 0.25) is 0 Å². The Labute approximate surface area is 56.1 Å². The van der Waals surface area contributed by atoms with Crippen LogP contribution in [0.25, 0.3) is 0 Å². The van der Waals surface area contributed by atoms with Crippen LogP contribution in [-0.2, 0) is 4.74 Å². The fourth-order valence-corrected chi connectivity index (χ4v) is 0.939. The summed E-state index contributed by atoms with van der Waals surface area (Å²) in [6.45, 7) is 6.85. The SMILES string of the molecule is C=C1OC(CC)CN1C. The molecule has 1 aliphatic heterocycles. The van der Waals surface area contributed by atoms with Crippen molar-refractivity contribution in [2.45, 2.75) is 19.4 Å². The molecule has 1 unspecified atom stereocenters. The number of hydrogen-bond acceptors (Lipinski definition) is 2. The lowest BCUT2D eigenvalue weighted by molar-refractivity contribution is 0.160. The summed E-state index contributed by atoms with van der Waals surface area (Å²) in [4.78, 5) is 2.04. The first kappa shape index (κ1) is 6.46. The predicted octanol–water partition coefficient (Wildman–Crippen LogP) is 1.20. The van der Waals surface area contributed by atoms with Crippen LogP contribution in [-0.4, -0.2) is 24.6 Å². The quantitative estimate of drug-likeness (QED) is 0.524. The standard InChI is InChI=1S/C7H13NO/c1-4-7-5-8(3)6(2)9-7/h7H,2,4-5H2,1,3H3. The topological polar surface area (TPSA) is 12.5 Å². The second-order valence-corrected chi connectivity index (χ2v) is 2.42. The van der Waals surface area contributed by atoms with Gasteiger partial charge in [-0.15, -0.1) is 0 Å². The lowest BCUT2D eigenvalue weighted by atomic mass is 10.3. The minimum absolute atomic E-state index is 0.377. The average molecular weight is 127 g/mol. The maximum absolute atomic E-state index is 5.35. The summed E-state index contributed by atoms with van der Waals surface area (Å²) in [7, 11) is 2.00. The van der Waals surface area contributed by atoms with Crippen LogP contribution in [0, 0.1) is 0 Å².